The molecule has 4 rings (SSSR count). The summed E-state index contributed by atoms with van der Waals surface area (Å²) in [6.07, 6.45) is 3.28. The Morgan fingerprint density at radius 1 is 1.11 bits per heavy atom. The molecule has 1 aromatic heterocycles. The summed E-state index contributed by atoms with van der Waals surface area (Å²) in [6.45, 7) is 3.00. The van der Waals surface area contributed by atoms with Gasteiger partial charge in [-0.05, 0) is 55.8 Å². The molecule has 5 heteroatoms. The molecular weight excluding hydrogens is 366 g/mol. The van der Waals surface area contributed by atoms with Crippen LogP contribution in [0.3, 0.4) is 0 Å². The van der Waals surface area contributed by atoms with Crippen molar-refractivity contribution in [2.45, 2.75) is 26.3 Å². The third-order valence-electron chi connectivity index (χ3n) is 5.28. The second-order valence-corrected chi connectivity index (χ2v) is 8.92. The molecule has 0 radical (unpaired) electrons. The predicted octanol–water partition coefficient (Wildman–Crippen LogP) is 4.67. The van der Waals surface area contributed by atoms with Gasteiger partial charge in [-0.1, -0.05) is 43.3 Å². The van der Waals surface area contributed by atoms with E-state index in [2.05, 4.69) is 49.1 Å². The molecule has 1 unspecified atom stereocenters. The maximum absolute atomic E-state index is 13.8. The van der Waals surface area contributed by atoms with Gasteiger partial charge in [-0.2, -0.15) is 0 Å². The van der Waals surface area contributed by atoms with Gasteiger partial charge in [0.05, 0.1) is 11.1 Å². The average molecular weight is 392 g/mol. The number of carbonyl (C=O) groups is 1. The van der Waals surface area contributed by atoms with E-state index >= 15 is 0 Å². The number of carbonyl (C=O) groups excluding carboxylic acids is 1. The zero-order chi connectivity index (χ0) is 19.7. The fourth-order valence-corrected chi connectivity index (χ4v) is 4.68. The van der Waals surface area contributed by atoms with Gasteiger partial charge in [0.25, 0.3) is 0 Å². The highest BCUT2D eigenvalue weighted by molar-refractivity contribution is 7.13. The van der Waals surface area contributed by atoms with Crippen LogP contribution in [0, 0.1) is 5.41 Å². The van der Waals surface area contributed by atoms with Gasteiger partial charge in [-0.15, -0.1) is 11.3 Å². The molecule has 0 aliphatic heterocycles. The van der Waals surface area contributed by atoms with Crippen molar-refractivity contribution in [2.24, 2.45) is 5.41 Å². The van der Waals surface area contributed by atoms with Crippen molar-refractivity contribution >= 4 is 28.1 Å². The summed E-state index contributed by atoms with van der Waals surface area (Å²) >= 11 is 1.49. The molecule has 0 fully saturated rings. The van der Waals surface area contributed by atoms with Crippen LogP contribution >= 0.6 is 11.3 Å². The highest BCUT2D eigenvalue weighted by Gasteiger charge is 2.43. The van der Waals surface area contributed by atoms with Crippen LogP contribution < -0.4 is 4.90 Å². The summed E-state index contributed by atoms with van der Waals surface area (Å²) in [7, 11) is 4.15. The molecule has 28 heavy (non-hydrogen) atoms. The molecule has 2 aromatic carbocycles. The summed E-state index contributed by atoms with van der Waals surface area (Å²) in [4.78, 5) is 22.2. The lowest BCUT2D eigenvalue weighted by molar-refractivity contribution is -0.126. The molecule has 1 atom stereocenters. The van der Waals surface area contributed by atoms with Crippen molar-refractivity contribution < 1.29 is 4.79 Å². The molecular formula is C23H25N3OS. The molecule has 0 N–H and O–H groups in total. The normalized spacial score (nSPS) is 18.3. The van der Waals surface area contributed by atoms with E-state index in [9.17, 15) is 4.79 Å². The lowest BCUT2D eigenvalue weighted by Crippen LogP contribution is -2.40. The van der Waals surface area contributed by atoms with Crippen molar-refractivity contribution in [3.8, 4) is 0 Å². The number of aromatic nitrogens is 1. The zero-order valence-electron chi connectivity index (χ0n) is 16.6. The summed E-state index contributed by atoms with van der Waals surface area (Å²) < 4.78 is 0. The fourth-order valence-electron chi connectivity index (χ4n) is 4.02. The Balaban J connectivity index is 1.66. The van der Waals surface area contributed by atoms with Crippen LogP contribution in [0.4, 0.5) is 10.8 Å². The van der Waals surface area contributed by atoms with Crippen LogP contribution in [-0.4, -0.2) is 29.9 Å². The van der Waals surface area contributed by atoms with Gasteiger partial charge < -0.3 is 4.90 Å². The number of thiazole rings is 1. The number of amides is 1. The van der Waals surface area contributed by atoms with E-state index in [1.54, 1.807) is 11.1 Å². The molecule has 1 aliphatic carbocycles. The summed E-state index contributed by atoms with van der Waals surface area (Å²) in [5.41, 5.74) is 4.27. The first-order valence-corrected chi connectivity index (χ1v) is 10.4. The second-order valence-electron chi connectivity index (χ2n) is 8.05. The standard InChI is InChI=1S/C23H25N3OS/c1-23(14-18-10-9-17(16-25(2)3)13-19(18)15-23)21(27)26(22-24-11-12-28-22)20-7-5-4-6-8-20/h4-13H,14-16H2,1-3H3. The Morgan fingerprint density at radius 3 is 2.54 bits per heavy atom. The third-order valence-corrected chi connectivity index (χ3v) is 6.03. The number of fused-ring (bicyclic) bond motifs is 1. The van der Waals surface area contributed by atoms with E-state index in [-0.39, 0.29) is 5.91 Å². The Morgan fingerprint density at radius 2 is 1.86 bits per heavy atom. The Labute approximate surface area is 170 Å². The van der Waals surface area contributed by atoms with E-state index in [0.29, 0.717) is 0 Å². The van der Waals surface area contributed by atoms with E-state index in [1.165, 1.54) is 28.0 Å². The molecule has 0 bridgehead atoms. The fraction of sp³-hybridized carbons (Fsp3) is 0.304. The molecule has 4 nitrogen and oxygen atoms in total. The average Bonchev–Trinajstić information content (AvgIpc) is 3.30. The summed E-state index contributed by atoms with van der Waals surface area (Å²) in [5, 5.41) is 2.64. The van der Waals surface area contributed by atoms with Crippen molar-refractivity contribution in [3.05, 3.63) is 76.8 Å². The number of hydrogen-bond donors (Lipinski definition) is 0. The molecule has 144 valence electrons. The third kappa shape index (κ3) is 3.60. The number of hydrogen-bond acceptors (Lipinski definition) is 4. The maximum Gasteiger partial charge on any atom is 0.239 e. The number of para-hydroxylation sites is 1. The topological polar surface area (TPSA) is 36.4 Å². The molecule has 3 aromatic rings. The smallest absolute Gasteiger partial charge is 0.239 e. The first-order valence-electron chi connectivity index (χ1n) is 9.51. The number of nitrogens with zero attached hydrogens (tertiary/aromatic N) is 3. The van der Waals surface area contributed by atoms with Crippen LogP contribution in [0.2, 0.25) is 0 Å². The minimum absolute atomic E-state index is 0.110. The highest BCUT2D eigenvalue weighted by Crippen LogP contribution is 2.41. The van der Waals surface area contributed by atoms with Crippen molar-refractivity contribution in [1.29, 1.82) is 0 Å². The molecule has 1 amide bonds. The SMILES string of the molecule is CN(C)Cc1ccc2c(c1)CC(C)(C(=O)N(c1ccccc1)c1nccs1)C2. The van der Waals surface area contributed by atoms with Crippen molar-refractivity contribution in [2.75, 3.05) is 19.0 Å². The molecule has 0 saturated carbocycles. The predicted molar refractivity (Wildman–Crippen MR) is 115 cm³/mol. The lowest BCUT2D eigenvalue weighted by Gasteiger charge is -2.30. The Hall–Kier alpha value is -2.50. The van der Waals surface area contributed by atoms with Crippen LogP contribution in [0.15, 0.2) is 60.1 Å². The van der Waals surface area contributed by atoms with Gasteiger partial charge in [0, 0.05) is 18.1 Å². The Bertz CT molecular complexity index is 969. The van der Waals surface area contributed by atoms with Crippen LogP contribution in [0.5, 0.6) is 0 Å². The van der Waals surface area contributed by atoms with Crippen LogP contribution in [-0.2, 0) is 24.2 Å². The van der Waals surface area contributed by atoms with Crippen molar-refractivity contribution in [1.82, 2.24) is 9.88 Å². The number of anilines is 2. The number of benzene rings is 2. The van der Waals surface area contributed by atoms with Gasteiger partial charge in [-0.25, -0.2) is 4.98 Å². The first-order chi connectivity index (χ1) is 13.5. The highest BCUT2D eigenvalue weighted by atomic mass is 32.1. The van der Waals surface area contributed by atoms with E-state index in [4.69, 9.17) is 0 Å². The minimum Gasteiger partial charge on any atom is -0.305 e. The van der Waals surface area contributed by atoms with E-state index in [1.807, 2.05) is 35.7 Å². The zero-order valence-corrected chi connectivity index (χ0v) is 17.4. The van der Waals surface area contributed by atoms with Crippen LogP contribution in [0.1, 0.15) is 23.6 Å². The number of rotatable bonds is 5. The minimum atomic E-state index is -0.472. The molecule has 1 aliphatic rings. The second kappa shape index (κ2) is 7.49. The molecule has 0 saturated heterocycles. The molecule has 1 heterocycles. The lowest BCUT2D eigenvalue weighted by atomic mass is 9.85. The van der Waals surface area contributed by atoms with Gasteiger partial charge in [0.2, 0.25) is 5.91 Å². The summed E-state index contributed by atoms with van der Waals surface area (Å²) in [5.74, 6) is 0.110. The van der Waals surface area contributed by atoms with E-state index in [0.717, 1.165) is 30.2 Å². The molecule has 0 spiro atoms. The monoisotopic (exact) mass is 391 g/mol. The largest absolute Gasteiger partial charge is 0.305 e. The Kier molecular flexibility index (Phi) is 5.04. The van der Waals surface area contributed by atoms with Gasteiger partial charge in [-0.3, -0.25) is 9.69 Å². The van der Waals surface area contributed by atoms with Gasteiger partial charge >= 0.3 is 0 Å². The van der Waals surface area contributed by atoms with E-state index < -0.39 is 5.41 Å². The first kappa shape index (κ1) is 18.8. The van der Waals surface area contributed by atoms with Gasteiger partial charge in [0.1, 0.15) is 0 Å². The maximum atomic E-state index is 13.8. The van der Waals surface area contributed by atoms with Gasteiger partial charge in [0.15, 0.2) is 5.13 Å². The van der Waals surface area contributed by atoms with Crippen LogP contribution in [0.25, 0.3) is 0 Å². The van der Waals surface area contributed by atoms with Crippen molar-refractivity contribution in [3.63, 3.8) is 0 Å². The summed E-state index contributed by atoms with van der Waals surface area (Å²) in [6, 6.07) is 16.5. The quantitative estimate of drug-likeness (QED) is 0.634.